The van der Waals surface area contributed by atoms with Gasteiger partial charge in [0.05, 0.1) is 0 Å². The molecule has 3 heteroatoms. The molecular weight excluding hydrogens is 258 g/mol. The third kappa shape index (κ3) is 3.35. The fourth-order valence-corrected chi connectivity index (χ4v) is 3.29. The topological polar surface area (TPSA) is 29.9 Å². The lowest BCUT2D eigenvalue weighted by Gasteiger charge is -2.23. The number of aryl methyl sites for hydroxylation is 2. The van der Waals surface area contributed by atoms with Gasteiger partial charge in [-0.1, -0.05) is 13.0 Å². The van der Waals surface area contributed by atoms with Gasteiger partial charge in [-0.3, -0.25) is 4.98 Å². The van der Waals surface area contributed by atoms with Crippen LogP contribution in [0.5, 0.6) is 0 Å². The van der Waals surface area contributed by atoms with Crippen LogP contribution in [0.3, 0.4) is 0 Å². The minimum absolute atomic E-state index is 0.547. The molecule has 21 heavy (non-hydrogen) atoms. The molecule has 2 heterocycles. The maximum Gasteiger partial charge on any atom is 0.0485 e. The maximum absolute atomic E-state index is 4.29. The molecule has 0 saturated carbocycles. The SMILES string of the molecule is CCCNC1CCCc2cn(Cc3cncc(C)c3)cc21. The van der Waals surface area contributed by atoms with Gasteiger partial charge in [0.25, 0.3) is 0 Å². The third-order valence-electron chi connectivity index (χ3n) is 4.25. The van der Waals surface area contributed by atoms with Gasteiger partial charge in [-0.2, -0.15) is 0 Å². The molecule has 0 aliphatic heterocycles. The van der Waals surface area contributed by atoms with E-state index in [2.05, 4.69) is 47.2 Å². The van der Waals surface area contributed by atoms with E-state index in [1.165, 1.54) is 47.9 Å². The summed E-state index contributed by atoms with van der Waals surface area (Å²) in [4.78, 5) is 4.29. The molecule has 1 aliphatic rings. The Labute approximate surface area is 127 Å². The first kappa shape index (κ1) is 14.3. The fraction of sp³-hybridized carbons (Fsp3) is 0.500. The monoisotopic (exact) mass is 283 g/mol. The Morgan fingerprint density at radius 2 is 2.24 bits per heavy atom. The smallest absolute Gasteiger partial charge is 0.0485 e. The van der Waals surface area contributed by atoms with E-state index in [1.54, 1.807) is 0 Å². The zero-order valence-electron chi connectivity index (χ0n) is 13.1. The van der Waals surface area contributed by atoms with Crippen LogP contribution in [0.2, 0.25) is 0 Å². The number of nitrogens with zero attached hydrogens (tertiary/aromatic N) is 2. The summed E-state index contributed by atoms with van der Waals surface area (Å²) in [5, 5.41) is 3.69. The second-order valence-corrected chi connectivity index (χ2v) is 6.18. The second-order valence-electron chi connectivity index (χ2n) is 6.18. The van der Waals surface area contributed by atoms with Crippen LogP contribution in [-0.2, 0) is 13.0 Å². The van der Waals surface area contributed by atoms with Gasteiger partial charge in [0.2, 0.25) is 0 Å². The molecule has 3 rings (SSSR count). The summed E-state index contributed by atoms with van der Waals surface area (Å²) in [6, 6.07) is 2.77. The quantitative estimate of drug-likeness (QED) is 0.908. The van der Waals surface area contributed by atoms with Crippen molar-refractivity contribution < 1.29 is 0 Å². The van der Waals surface area contributed by atoms with E-state index in [0.717, 1.165) is 13.1 Å². The predicted octanol–water partition coefficient (Wildman–Crippen LogP) is 3.62. The first-order valence-electron chi connectivity index (χ1n) is 8.08. The molecule has 0 fully saturated rings. The summed E-state index contributed by atoms with van der Waals surface area (Å²) in [7, 11) is 0. The lowest BCUT2D eigenvalue weighted by molar-refractivity contribution is 0.462. The lowest BCUT2D eigenvalue weighted by atomic mass is 9.91. The van der Waals surface area contributed by atoms with Crippen molar-refractivity contribution in [3.8, 4) is 0 Å². The average Bonchev–Trinajstić information content (AvgIpc) is 2.88. The minimum Gasteiger partial charge on any atom is -0.349 e. The molecule has 0 saturated heterocycles. The van der Waals surface area contributed by atoms with Crippen LogP contribution in [-0.4, -0.2) is 16.1 Å². The first-order chi connectivity index (χ1) is 10.3. The molecule has 0 bridgehead atoms. The molecular formula is C18H25N3. The van der Waals surface area contributed by atoms with E-state index in [-0.39, 0.29) is 0 Å². The number of pyridine rings is 1. The van der Waals surface area contributed by atoms with Crippen LogP contribution >= 0.6 is 0 Å². The van der Waals surface area contributed by atoms with Gasteiger partial charge in [0, 0.05) is 37.4 Å². The third-order valence-corrected chi connectivity index (χ3v) is 4.25. The van der Waals surface area contributed by atoms with E-state index in [0.29, 0.717) is 6.04 Å². The van der Waals surface area contributed by atoms with Crippen molar-refractivity contribution in [2.24, 2.45) is 0 Å². The molecule has 1 atom stereocenters. The fourth-order valence-electron chi connectivity index (χ4n) is 3.29. The van der Waals surface area contributed by atoms with E-state index >= 15 is 0 Å². The molecule has 1 N–H and O–H groups in total. The molecule has 2 aromatic heterocycles. The molecule has 112 valence electrons. The van der Waals surface area contributed by atoms with E-state index in [4.69, 9.17) is 0 Å². The summed E-state index contributed by atoms with van der Waals surface area (Å²) >= 11 is 0. The Kier molecular flexibility index (Phi) is 4.39. The second kappa shape index (κ2) is 6.44. The van der Waals surface area contributed by atoms with Crippen molar-refractivity contribution in [1.82, 2.24) is 14.9 Å². The number of hydrogen-bond donors (Lipinski definition) is 1. The van der Waals surface area contributed by atoms with Crippen molar-refractivity contribution in [2.45, 2.75) is 52.1 Å². The number of aromatic nitrogens is 2. The van der Waals surface area contributed by atoms with Crippen LogP contribution in [0.1, 0.15) is 54.5 Å². The first-order valence-corrected chi connectivity index (χ1v) is 8.08. The van der Waals surface area contributed by atoms with Gasteiger partial charge in [-0.05, 0) is 61.4 Å². The van der Waals surface area contributed by atoms with Gasteiger partial charge in [-0.15, -0.1) is 0 Å². The number of hydrogen-bond acceptors (Lipinski definition) is 2. The maximum atomic E-state index is 4.29. The Morgan fingerprint density at radius 3 is 3.05 bits per heavy atom. The summed E-state index contributed by atoms with van der Waals surface area (Å²) in [6.45, 7) is 6.35. The van der Waals surface area contributed by atoms with Crippen molar-refractivity contribution in [2.75, 3.05) is 6.54 Å². The molecule has 0 aromatic carbocycles. The Morgan fingerprint density at radius 1 is 1.33 bits per heavy atom. The van der Waals surface area contributed by atoms with Gasteiger partial charge in [-0.25, -0.2) is 0 Å². The van der Waals surface area contributed by atoms with Crippen LogP contribution < -0.4 is 5.32 Å². The Bertz CT molecular complexity index is 600. The van der Waals surface area contributed by atoms with E-state index in [1.807, 2.05) is 12.4 Å². The minimum atomic E-state index is 0.547. The molecule has 2 aromatic rings. The van der Waals surface area contributed by atoms with Gasteiger partial charge >= 0.3 is 0 Å². The molecule has 0 amide bonds. The highest BCUT2D eigenvalue weighted by molar-refractivity contribution is 5.31. The average molecular weight is 283 g/mol. The van der Waals surface area contributed by atoms with Crippen molar-refractivity contribution >= 4 is 0 Å². The van der Waals surface area contributed by atoms with Crippen LogP contribution in [0.15, 0.2) is 30.9 Å². The number of rotatable bonds is 5. The Balaban J connectivity index is 1.78. The standard InChI is InChI=1S/C18H25N3/c1-3-7-20-18-6-4-5-16-12-21(13-17(16)18)11-15-8-14(2)9-19-10-15/h8-10,12-13,18,20H,3-7,11H2,1-2H3. The lowest BCUT2D eigenvalue weighted by Crippen LogP contribution is -2.24. The van der Waals surface area contributed by atoms with Crippen molar-refractivity contribution in [3.05, 3.63) is 53.1 Å². The zero-order valence-corrected chi connectivity index (χ0v) is 13.1. The molecule has 0 radical (unpaired) electrons. The normalized spacial score (nSPS) is 17.7. The summed E-state index contributed by atoms with van der Waals surface area (Å²) in [5.74, 6) is 0. The number of fused-ring (bicyclic) bond motifs is 1. The van der Waals surface area contributed by atoms with Crippen molar-refractivity contribution in [1.29, 1.82) is 0 Å². The van der Waals surface area contributed by atoms with E-state index < -0.39 is 0 Å². The largest absolute Gasteiger partial charge is 0.349 e. The summed E-state index contributed by atoms with van der Waals surface area (Å²) in [5.41, 5.74) is 5.54. The van der Waals surface area contributed by atoms with Crippen LogP contribution in [0, 0.1) is 6.92 Å². The Hall–Kier alpha value is -1.61. The molecule has 3 nitrogen and oxygen atoms in total. The number of nitrogens with one attached hydrogen (secondary N) is 1. The van der Waals surface area contributed by atoms with Gasteiger partial charge in [0.1, 0.15) is 0 Å². The highest BCUT2D eigenvalue weighted by Gasteiger charge is 2.21. The van der Waals surface area contributed by atoms with Crippen molar-refractivity contribution in [3.63, 3.8) is 0 Å². The van der Waals surface area contributed by atoms with Gasteiger partial charge < -0.3 is 9.88 Å². The highest BCUT2D eigenvalue weighted by atomic mass is 15.0. The van der Waals surface area contributed by atoms with E-state index in [9.17, 15) is 0 Å². The summed E-state index contributed by atoms with van der Waals surface area (Å²) < 4.78 is 2.33. The summed E-state index contributed by atoms with van der Waals surface area (Å²) in [6.07, 6.45) is 13.5. The van der Waals surface area contributed by atoms with Crippen LogP contribution in [0.25, 0.3) is 0 Å². The highest BCUT2D eigenvalue weighted by Crippen LogP contribution is 2.30. The van der Waals surface area contributed by atoms with Gasteiger partial charge in [0.15, 0.2) is 0 Å². The molecule has 1 aliphatic carbocycles. The molecule has 0 spiro atoms. The van der Waals surface area contributed by atoms with Crippen LogP contribution in [0.4, 0.5) is 0 Å². The zero-order chi connectivity index (χ0) is 14.7. The molecule has 1 unspecified atom stereocenters. The predicted molar refractivity (Wildman–Crippen MR) is 86.5 cm³/mol.